The van der Waals surface area contributed by atoms with Gasteiger partial charge >= 0.3 is 0 Å². The van der Waals surface area contributed by atoms with Gasteiger partial charge in [0.1, 0.15) is 0 Å². The van der Waals surface area contributed by atoms with Crippen LogP contribution in [0.5, 0.6) is 0 Å². The van der Waals surface area contributed by atoms with E-state index in [0.29, 0.717) is 0 Å². The number of rotatable bonds is 22. The fourth-order valence-corrected chi connectivity index (χ4v) is 12.7. The molecule has 0 saturated carbocycles. The van der Waals surface area contributed by atoms with Gasteiger partial charge in [-0.15, -0.1) is 22.7 Å². The summed E-state index contributed by atoms with van der Waals surface area (Å²) in [4.78, 5) is 14.8. The Hall–Kier alpha value is -2.12. The maximum Gasteiger partial charge on any atom is 0.0934 e. The van der Waals surface area contributed by atoms with E-state index in [9.17, 15) is 0 Å². The fourth-order valence-electron chi connectivity index (χ4n) is 9.95. The third-order valence-electron chi connectivity index (χ3n) is 12.9. The summed E-state index contributed by atoms with van der Waals surface area (Å²) in [6.45, 7) is 9.32. The van der Waals surface area contributed by atoms with Gasteiger partial charge in [-0.05, 0) is 116 Å². The van der Waals surface area contributed by atoms with Crippen LogP contribution in [-0.4, -0.2) is 9.97 Å². The van der Waals surface area contributed by atoms with E-state index in [-0.39, 0.29) is 10.8 Å². The minimum absolute atomic E-state index is 0.129. The lowest BCUT2D eigenvalue weighted by Crippen LogP contribution is -2.29. The Morgan fingerprint density at radius 3 is 1.11 bits per heavy atom. The summed E-state index contributed by atoms with van der Waals surface area (Å²) in [5, 5.41) is 0. The van der Waals surface area contributed by atoms with Gasteiger partial charge in [0.05, 0.1) is 30.3 Å². The quantitative estimate of drug-likeness (QED) is 0.0647. The second kappa shape index (κ2) is 19.3. The van der Waals surface area contributed by atoms with Gasteiger partial charge in [0.15, 0.2) is 0 Å². The minimum Gasteiger partial charge on any atom is -0.248 e. The van der Waals surface area contributed by atoms with Crippen LogP contribution < -0.4 is 0 Å². The van der Waals surface area contributed by atoms with Crippen molar-refractivity contribution >= 4 is 54.5 Å². The van der Waals surface area contributed by atoms with E-state index in [0.717, 1.165) is 25.7 Å². The Morgan fingerprint density at radius 2 is 0.804 bits per heavy atom. The molecule has 3 aromatic heterocycles. The molecule has 0 saturated heterocycles. The lowest BCUT2D eigenvalue weighted by atomic mass is 9.71. The Kier molecular flexibility index (Phi) is 14.5. The second-order valence-electron chi connectivity index (χ2n) is 16.8. The molecule has 0 spiro atoms. The maximum absolute atomic E-state index is 6.07. The topological polar surface area (TPSA) is 25.8 Å². The molecule has 298 valence electrons. The molecule has 6 heteroatoms. The van der Waals surface area contributed by atoms with Crippen LogP contribution in [0.4, 0.5) is 0 Å². The number of nitrogens with zero attached hydrogens (tertiary/aromatic N) is 2. The predicted octanol–water partition coefficient (Wildman–Crippen LogP) is 17.9. The highest BCUT2D eigenvalue weighted by Gasteiger charge is 2.50. The molecule has 0 atom stereocenters. The standard InChI is InChI=1S/C50H62Br2N2S2/c1-5-9-13-17-29-49(30-18-14-10-6-2)39-33-35(41-25-27-43(51)55-41)21-23-37(39)45-47(49)53-46-38-24-22-36(42-26-28-44(52)56-42)34-40(38)50(48(46)54-45,31-19-15-11-7-3)32-20-16-12-8-4/h21-28,33-34H,5-20,29-32H2,1-4H3. The van der Waals surface area contributed by atoms with Crippen molar-refractivity contribution in [2.75, 3.05) is 0 Å². The van der Waals surface area contributed by atoms with Gasteiger partial charge in [0.2, 0.25) is 0 Å². The summed E-state index contributed by atoms with van der Waals surface area (Å²) in [5.74, 6) is 0. The molecular formula is C50H62Br2N2S2. The van der Waals surface area contributed by atoms with Crippen molar-refractivity contribution in [2.45, 2.75) is 167 Å². The molecule has 5 aromatic rings. The van der Waals surface area contributed by atoms with Crippen molar-refractivity contribution in [2.24, 2.45) is 0 Å². The Bertz CT molecular complexity index is 1900. The third-order valence-corrected chi connectivity index (χ3v) is 16.3. The van der Waals surface area contributed by atoms with Crippen LogP contribution in [0.3, 0.4) is 0 Å². The van der Waals surface area contributed by atoms with Crippen molar-refractivity contribution in [1.29, 1.82) is 0 Å². The first-order valence-corrected chi connectivity index (χ1v) is 25.3. The molecule has 0 amide bonds. The molecule has 7 rings (SSSR count). The summed E-state index contributed by atoms with van der Waals surface area (Å²) in [6, 6.07) is 23.6. The average Bonchev–Trinajstić information content (AvgIpc) is 3.97. The molecule has 56 heavy (non-hydrogen) atoms. The van der Waals surface area contributed by atoms with Crippen LogP contribution in [0, 0.1) is 0 Å². The number of halogens is 2. The molecule has 0 aliphatic heterocycles. The van der Waals surface area contributed by atoms with Crippen molar-refractivity contribution in [1.82, 2.24) is 9.97 Å². The molecule has 0 unspecified atom stereocenters. The first kappa shape index (κ1) is 42.0. The first-order chi connectivity index (χ1) is 27.4. The Morgan fingerprint density at radius 1 is 0.446 bits per heavy atom. The zero-order chi connectivity index (χ0) is 39.1. The Labute approximate surface area is 363 Å². The number of benzene rings is 2. The molecule has 0 radical (unpaired) electrons. The lowest BCUT2D eigenvalue weighted by Gasteiger charge is -2.33. The fraction of sp³-hybridized carbons (Fsp3) is 0.520. The monoisotopic (exact) mass is 912 g/mol. The number of unbranched alkanes of at least 4 members (excludes halogenated alkanes) is 12. The molecule has 2 nitrogen and oxygen atoms in total. The van der Waals surface area contributed by atoms with Crippen LogP contribution in [0.25, 0.3) is 43.4 Å². The molecule has 2 aromatic carbocycles. The van der Waals surface area contributed by atoms with E-state index in [4.69, 9.17) is 9.97 Å². The number of fused-ring (bicyclic) bond motifs is 6. The van der Waals surface area contributed by atoms with Gasteiger partial charge in [-0.2, -0.15) is 0 Å². The van der Waals surface area contributed by atoms with E-state index >= 15 is 0 Å². The summed E-state index contributed by atoms with van der Waals surface area (Å²) < 4.78 is 2.37. The molecule has 3 heterocycles. The van der Waals surface area contributed by atoms with Crippen LogP contribution in [-0.2, 0) is 10.8 Å². The number of thiophene rings is 2. The first-order valence-electron chi connectivity index (χ1n) is 22.1. The van der Waals surface area contributed by atoms with Gasteiger partial charge in [0.25, 0.3) is 0 Å². The van der Waals surface area contributed by atoms with Crippen LogP contribution >= 0.6 is 54.5 Å². The van der Waals surface area contributed by atoms with Crippen molar-refractivity contribution in [3.8, 4) is 43.4 Å². The van der Waals surface area contributed by atoms with E-state index in [2.05, 4.69) is 120 Å². The van der Waals surface area contributed by atoms with E-state index in [1.54, 1.807) is 0 Å². The highest BCUT2D eigenvalue weighted by Crippen LogP contribution is 2.59. The van der Waals surface area contributed by atoms with Crippen LogP contribution in [0.2, 0.25) is 0 Å². The van der Waals surface area contributed by atoms with Crippen molar-refractivity contribution in [3.63, 3.8) is 0 Å². The summed E-state index contributed by atoms with van der Waals surface area (Å²) in [6.07, 6.45) is 24.7. The minimum atomic E-state index is -0.129. The van der Waals surface area contributed by atoms with E-state index in [1.807, 2.05) is 22.7 Å². The predicted molar refractivity (Wildman–Crippen MR) is 252 cm³/mol. The van der Waals surface area contributed by atoms with Crippen molar-refractivity contribution in [3.05, 3.63) is 90.8 Å². The number of aromatic nitrogens is 2. The largest absolute Gasteiger partial charge is 0.248 e. The maximum atomic E-state index is 6.07. The molecule has 0 fully saturated rings. The summed E-state index contributed by atoms with van der Waals surface area (Å²) in [5.41, 5.74) is 13.0. The molecule has 0 bridgehead atoms. The molecule has 2 aliphatic carbocycles. The normalized spacial score (nSPS) is 14.5. The Balaban J connectivity index is 1.45. The summed E-state index contributed by atoms with van der Waals surface area (Å²) in [7, 11) is 0. The van der Waals surface area contributed by atoms with E-state index < -0.39 is 0 Å². The molecule has 0 N–H and O–H groups in total. The average molecular weight is 915 g/mol. The molecular weight excluding hydrogens is 853 g/mol. The number of hydrogen-bond acceptors (Lipinski definition) is 4. The molecule has 2 aliphatic rings. The van der Waals surface area contributed by atoms with Gasteiger partial charge in [-0.25, -0.2) is 9.97 Å². The zero-order valence-electron chi connectivity index (χ0n) is 34.4. The highest BCUT2D eigenvalue weighted by molar-refractivity contribution is 9.11. The second-order valence-corrected chi connectivity index (χ2v) is 21.7. The lowest BCUT2D eigenvalue weighted by molar-refractivity contribution is 0.385. The highest BCUT2D eigenvalue weighted by atomic mass is 79.9. The SMILES string of the molecule is CCCCCCC1(CCCCCC)c2cc(-c3ccc(Br)s3)ccc2-c2nc3c(nc21)-c1ccc(-c2ccc(Br)s2)cc1C3(CCCCCC)CCCCCC. The van der Waals surface area contributed by atoms with Gasteiger partial charge in [-0.3, -0.25) is 0 Å². The van der Waals surface area contributed by atoms with Crippen LogP contribution in [0.1, 0.15) is 179 Å². The smallest absolute Gasteiger partial charge is 0.0934 e. The van der Waals surface area contributed by atoms with Crippen LogP contribution in [0.15, 0.2) is 68.2 Å². The third kappa shape index (κ3) is 8.48. The zero-order valence-corrected chi connectivity index (χ0v) is 39.2. The summed E-state index contributed by atoms with van der Waals surface area (Å²) >= 11 is 11.2. The van der Waals surface area contributed by atoms with Crippen molar-refractivity contribution < 1.29 is 0 Å². The van der Waals surface area contributed by atoms with E-state index in [1.165, 1.54) is 176 Å². The van der Waals surface area contributed by atoms with Gasteiger partial charge in [0, 0.05) is 31.7 Å². The van der Waals surface area contributed by atoms with Gasteiger partial charge in [-0.1, -0.05) is 155 Å². The van der Waals surface area contributed by atoms with Gasteiger partial charge < -0.3 is 0 Å². The number of hydrogen-bond donors (Lipinski definition) is 0.